The van der Waals surface area contributed by atoms with Crippen LogP contribution in [0, 0.1) is 0 Å². The number of amides is 1. The maximum Gasteiger partial charge on any atom is 0.328 e. The largest absolute Gasteiger partial charge is 0.493 e. The molecule has 0 spiro atoms. The van der Waals surface area contributed by atoms with Crippen molar-refractivity contribution in [3.05, 3.63) is 65.4 Å². The maximum atomic E-state index is 13.7. The fraction of sp³-hybridized carbons (Fsp3) is 0.424. The molecule has 2 aromatic carbocycles. The molecule has 1 saturated heterocycles. The zero-order chi connectivity index (χ0) is 30.5. The highest BCUT2D eigenvalue weighted by atomic mass is 16.6. The number of rotatable bonds is 9. The van der Waals surface area contributed by atoms with Gasteiger partial charge in [-0.1, -0.05) is 24.3 Å². The van der Waals surface area contributed by atoms with E-state index in [1.165, 1.54) is 27.2 Å². The fourth-order valence-corrected chi connectivity index (χ4v) is 6.06. The van der Waals surface area contributed by atoms with Gasteiger partial charge >= 0.3 is 11.9 Å². The molecule has 10 nitrogen and oxygen atoms in total. The van der Waals surface area contributed by atoms with Crippen LogP contribution in [0.1, 0.15) is 30.2 Å². The number of piperazine rings is 1. The number of aromatic nitrogens is 1. The van der Waals surface area contributed by atoms with E-state index in [2.05, 4.69) is 33.5 Å². The van der Waals surface area contributed by atoms with E-state index in [1.54, 1.807) is 29.2 Å². The molecular weight excluding hydrogens is 548 g/mol. The summed E-state index contributed by atoms with van der Waals surface area (Å²) in [6.45, 7) is 7.80. The Labute approximate surface area is 252 Å². The standard InChI is InChI=1S/C33H40N4O6/c1-23(38)43-30-12-10-24(20-31(30)41-3)11-13-32(39)37-22-29-26(21-28(37)33(40)42-4)25-8-5-6-9-27(25)36(29)15-7-14-35-18-16-34(2)17-19-35/h5-6,8-13,20,28H,7,14-19,21-22H2,1-4H3/b13-11-/t28-/m0/s1. The van der Waals surface area contributed by atoms with E-state index in [9.17, 15) is 14.4 Å². The van der Waals surface area contributed by atoms with E-state index in [0.29, 0.717) is 30.0 Å². The molecule has 2 aliphatic heterocycles. The summed E-state index contributed by atoms with van der Waals surface area (Å²) >= 11 is 0. The van der Waals surface area contributed by atoms with Crippen molar-refractivity contribution in [2.75, 3.05) is 54.0 Å². The highest BCUT2D eigenvalue weighted by molar-refractivity contribution is 5.96. The second kappa shape index (κ2) is 13.4. The van der Waals surface area contributed by atoms with Gasteiger partial charge in [0.1, 0.15) is 6.04 Å². The molecule has 2 aliphatic rings. The quantitative estimate of drug-likeness (QED) is 0.214. The number of carbonyl (C=O) groups is 3. The van der Waals surface area contributed by atoms with Gasteiger partial charge in [0.15, 0.2) is 11.5 Å². The van der Waals surface area contributed by atoms with Crippen LogP contribution in [-0.4, -0.2) is 97.1 Å². The van der Waals surface area contributed by atoms with E-state index < -0.39 is 18.0 Å². The predicted octanol–water partition coefficient (Wildman–Crippen LogP) is 3.35. The third-order valence-corrected chi connectivity index (χ3v) is 8.36. The molecule has 3 heterocycles. The molecular formula is C33H40N4O6. The van der Waals surface area contributed by atoms with Gasteiger partial charge in [0, 0.05) is 68.7 Å². The molecule has 0 aliphatic carbocycles. The number of methoxy groups -OCH3 is 2. The lowest BCUT2D eigenvalue weighted by Crippen LogP contribution is -2.49. The first-order valence-corrected chi connectivity index (χ1v) is 14.7. The van der Waals surface area contributed by atoms with Gasteiger partial charge in [0.2, 0.25) is 5.91 Å². The molecule has 0 bridgehead atoms. The topological polar surface area (TPSA) is 93.5 Å². The number of para-hydroxylation sites is 1. The first-order chi connectivity index (χ1) is 20.8. The Morgan fingerprint density at radius 3 is 2.47 bits per heavy atom. The number of hydrogen-bond acceptors (Lipinski definition) is 8. The number of likely N-dealkylation sites (N-methyl/N-ethyl adjacent to an activating group) is 1. The molecule has 0 unspecified atom stereocenters. The van der Waals surface area contributed by atoms with Gasteiger partial charge in [0.25, 0.3) is 0 Å². The average Bonchev–Trinajstić information content (AvgIpc) is 3.32. The Bertz CT molecular complexity index is 1520. The number of esters is 2. The van der Waals surface area contributed by atoms with Crippen LogP contribution in [0.25, 0.3) is 17.0 Å². The minimum absolute atomic E-state index is 0.293. The lowest BCUT2D eigenvalue weighted by atomic mass is 9.96. The summed E-state index contributed by atoms with van der Waals surface area (Å²) in [6.07, 6.45) is 4.51. The van der Waals surface area contributed by atoms with Crippen molar-refractivity contribution in [1.82, 2.24) is 19.3 Å². The summed E-state index contributed by atoms with van der Waals surface area (Å²) in [7, 11) is 5.00. The SMILES string of the molecule is COC(=O)[C@@H]1Cc2c(n(CCCN3CCN(C)CC3)c3ccccc23)CN1C(=O)/C=C\c1ccc(OC(C)=O)c(OC)c1. The summed E-state index contributed by atoms with van der Waals surface area (Å²) in [5, 5.41) is 1.12. The summed E-state index contributed by atoms with van der Waals surface area (Å²) in [4.78, 5) is 44.5. The summed E-state index contributed by atoms with van der Waals surface area (Å²) in [5.74, 6) is -0.508. The molecule has 3 aromatic rings. The van der Waals surface area contributed by atoms with Gasteiger partial charge in [-0.15, -0.1) is 0 Å². The van der Waals surface area contributed by atoms with Crippen LogP contribution >= 0.6 is 0 Å². The van der Waals surface area contributed by atoms with Crippen LogP contribution in [0.2, 0.25) is 0 Å². The smallest absolute Gasteiger partial charge is 0.328 e. The van der Waals surface area contributed by atoms with Crippen molar-refractivity contribution >= 4 is 34.8 Å². The first kappa shape index (κ1) is 30.3. The van der Waals surface area contributed by atoms with Crippen molar-refractivity contribution in [3.8, 4) is 11.5 Å². The molecule has 43 heavy (non-hydrogen) atoms. The lowest BCUT2D eigenvalue weighted by Gasteiger charge is -2.34. The Hall–Kier alpha value is -4.15. The second-order valence-electron chi connectivity index (χ2n) is 11.1. The number of fused-ring (bicyclic) bond motifs is 3. The Morgan fingerprint density at radius 2 is 1.74 bits per heavy atom. The molecule has 1 aromatic heterocycles. The molecule has 10 heteroatoms. The van der Waals surface area contributed by atoms with Crippen molar-refractivity contribution in [2.24, 2.45) is 0 Å². The first-order valence-electron chi connectivity index (χ1n) is 14.7. The minimum atomic E-state index is -0.736. The molecule has 1 atom stereocenters. The maximum absolute atomic E-state index is 13.7. The Balaban J connectivity index is 1.39. The number of aryl methyl sites for hydroxylation is 1. The van der Waals surface area contributed by atoms with Crippen LogP contribution in [0.15, 0.2) is 48.5 Å². The molecule has 0 saturated carbocycles. The third-order valence-electron chi connectivity index (χ3n) is 8.36. The minimum Gasteiger partial charge on any atom is -0.493 e. The monoisotopic (exact) mass is 588 g/mol. The van der Waals surface area contributed by atoms with Gasteiger partial charge in [-0.3, -0.25) is 9.59 Å². The summed E-state index contributed by atoms with van der Waals surface area (Å²) in [5.41, 5.74) is 3.98. The van der Waals surface area contributed by atoms with Gasteiger partial charge in [-0.05, 0) is 55.4 Å². The number of ether oxygens (including phenoxy) is 3. The predicted molar refractivity (Wildman–Crippen MR) is 164 cm³/mol. The highest BCUT2D eigenvalue weighted by Gasteiger charge is 2.37. The summed E-state index contributed by atoms with van der Waals surface area (Å²) in [6, 6.07) is 12.6. The lowest BCUT2D eigenvalue weighted by molar-refractivity contribution is -0.152. The second-order valence-corrected chi connectivity index (χ2v) is 11.1. The van der Waals surface area contributed by atoms with E-state index in [0.717, 1.165) is 67.8 Å². The average molecular weight is 589 g/mol. The van der Waals surface area contributed by atoms with Gasteiger partial charge in [-0.2, -0.15) is 0 Å². The van der Waals surface area contributed by atoms with Crippen molar-refractivity contribution in [2.45, 2.75) is 38.9 Å². The molecule has 1 amide bonds. The van der Waals surface area contributed by atoms with E-state index in [-0.39, 0.29) is 5.91 Å². The van der Waals surface area contributed by atoms with Crippen LogP contribution in [0.5, 0.6) is 11.5 Å². The molecule has 0 radical (unpaired) electrons. The zero-order valence-electron chi connectivity index (χ0n) is 25.4. The van der Waals surface area contributed by atoms with Crippen LogP contribution < -0.4 is 9.47 Å². The van der Waals surface area contributed by atoms with E-state index in [1.807, 2.05) is 12.1 Å². The third kappa shape index (κ3) is 6.76. The molecule has 0 N–H and O–H groups in total. The Morgan fingerprint density at radius 1 is 0.977 bits per heavy atom. The fourth-order valence-electron chi connectivity index (χ4n) is 6.06. The van der Waals surface area contributed by atoms with E-state index in [4.69, 9.17) is 14.2 Å². The van der Waals surface area contributed by atoms with Crippen molar-refractivity contribution < 1.29 is 28.6 Å². The number of nitrogens with zero attached hydrogens (tertiary/aromatic N) is 4. The van der Waals surface area contributed by atoms with Gasteiger partial charge in [0.05, 0.1) is 20.8 Å². The van der Waals surface area contributed by atoms with E-state index >= 15 is 0 Å². The Kier molecular flexibility index (Phi) is 9.47. The molecule has 228 valence electrons. The van der Waals surface area contributed by atoms with Crippen LogP contribution in [0.4, 0.5) is 0 Å². The molecule has 1 fully saturated rings. The highest BCUT2D eigenvalue weighted by Crippen LogP contribution is 2.34. The van der Waals surface area contributed by atoms with Crippen molar-refractivity contribution in [3.63, 3.8) is 0 Å². The van der Waals surface area contributed by atoms with Crippen LogP contribution in [-0.2, 0) is 38.6 Å². The number of benzene rings is 2. The van der Waals surface area contributed by atoms with Gasteiger partial charge < -0.3 is 33.5 Å². The van der Waals surface area contributed by atoms with Crippen LogP contribution in [0.3, 0.4) is 0 Å². The summed E-state index contributed by atoms with van der Waals surface area (Å²) < 4.78 is 18.0. The number of carbonyl (C=O) groups excluding carboxylic acids is 3. The zero-order valence-corrected chi connectivity index (χ0v) is 25.4. The van der Waals surface area contributed by atoms with Crippen molar-refractivity contribution in [1.29, 1.82) is 0 Å². The molecule has 5 rings (SSSR count). The normalized spacial score (nSPS) is 17.7. The number of hydrogen-bond donors (Lipinski definition) is 0. The van der Waals surface area contributed by atoms with Gasteiger partial charge in [-0.25, -0.2) is 4.79 Å².